The molecule has 3 heterocycles. The first-order chi connectivity index (χ1) is 27.8. The van der Waals surface area contributed by atoms with E-state index in [1.807, 2.05) is 6.20 Å². The average Bonchev–Trinajstić information content (AvgIpc) is 3.79. The molecule has 0 N–H and O–H groups in total. The van der Waals surface area contributed by atoms with Crippen molar-refractivity contribution in [1.29, 1.82) is 0 Å². The standard InChI is InChI=1S/C53H33N3/c1-2-12-38(13-3-1)55-49-20-10-8-18-44(49)47-31-34(23-27-51(47)55)35-24-28-52-48(32-35)45-19-9-11-21-50(45)56(52)53-29-25-37(33-54-53)36-22-26-43-41-16-5-4-14-39(41)40-15-6-7-17-42(40)46(43)30-36/h1-33H. The second-order valence-corrected chi connectivity index (χ2v) is 14.8. The van der Waals surface area contributed by atoms with Crippen molar-refractivity contribution in [2.75, 3.05) is 0 Å². The van der Waals surface area contributed by atoms with Crippen LogP contribution < -0.4 is 0 Å². The van der Waals surface area contributed by atoms with Crippen LogP contribution >= 0.6 is 0 Å². The molecular formula is C53H33N3. The van der Waals surface area contributed by atoms with Gasteiger partial charge in [0.15, 0.2) is 0 Å². The molecule has 0 saturated heterocycles. The molecule has 0 bridgehead atoms. The van der Waals surface area contributed by atoms with Gasteiger partial charge in [0.2, 0.25) is 0 Å². The number of fused-ring (bicyclic) bond motifs is 12. The first-order valence-corrected chi connectivity index (χ1v) is 19.2. The number of para-hydroxylation sites is 3. The molecule has 0 amide bonds. The Morgan fingerprint density at radius 2 is 0.679 bits per heavy atom. The molecule has 3 nitrogen and oxygen atoms in total. The van der Waals surface area contributed by atoms with E-state index in [4.69, 9.17) is 4.98 Å². The topological polar surface area (TPSA) is 22.8 Å². The molecule has 0 aliphatic carbocycles. The Morgan fingerprint density at radius 1 is 0.268 bits per heavy atom. The molecule has 56 heavy (non-hydrogen) atoms. The number of hydrogen-bond donors (Lipinski definition) is 0. The van der Waals surface area contributed by atoms with E-state index in [2.05, 4.69) is 203 Å². The Kier molecular flexibility index (Phi) is 6.63. The van der Waals surface area contributed by atoms with Gasteiger partial charge in [-0.1, -0.05) is 127 Å². The fourth-order valence-corrected chi connectivity index (χ4v) is 9.18. The molecule has 0 fully saturated rings. The fraction of sp³-hybridized carbons (Fsp3) is 0. The largest absolute Gasteiger partial charge is 0.309 e. The van der Waals surface area contributed by atoms with Crippen LogP contribution in [0.3, 0.4) is 0 Å². The monoisotopic (exact) mass is 711 g/mol. The van der Waals surface area contributed by atoms with E-state index in [0.29, 0.717) is 0 Å². The lowest BCUT2D eigenvalue weighted by Gasteiger charge is -2.12. The Balaban J connectivity index is 0.964. The lowest BCUT2D eigenvalue weighted by molar-refractivity contribution is 1.08. The zero-order valence-corrected chi connectivity index (χ0v) is 30.4. The van der Waals surface area contributed by atoms with Gasteiger partial charge in [-0.15, -0.1) is 0 Å². The van der Waals surface area contributed by atoms with Gasteiger partial charge < -0.3 is 4.57 Å². The van der Waals surface area contributed by atoms with Gasteiger partial charge in [0.05, 0.1) is 22.1 Å². The van der Waals surface area contributed by atoms with E-state index >= 15 is 0 Å². The van der Waals surface area contributed by atoms with E-state index in [1.54, 1.807) is 0 Å². The van der Waals surface area contributed by atoms with Crippen LogP contribution in [0.1, 0.15) is 0 Å². The third kappa shape index (κ3) is 4.55. The Hall–Kier alpha value is -7.49. The molecule has 0 aliphatic heterocycles. The van der Waals surface area contributed by atoms with Crippen LogP contribution in [0.15, 0.2) is 200 Å². The predicted molar refractivity (Wildman–Crippen MR) is 236 cm³/mol. The summed E-state index contributed by atoms with van der Waals surface area (Å²) in [5.41, 5.74) is 10.5. The molecule has 0 radical (unpaired) electrons. The molecule has 0 saturated carbocycles. The van der Waals surface area contributed by atoms with Crippen LogP contribution in [0.25, 0.3) is 110 Å². The molecule has 3 aromatic heterocycles. The lowest BCUT2D eigenvalue weighted by atomic mass is 9.92. The minimum atomic E-state index is 0.903. The second kappa shape index (κ2) is 12.0. The summed E-state index contributed by atoms with van der Waals surface area (Å²) in [7, 11) is 0. The summed E-state index contributed by atoms with van der Waals surface area (Å²) in [4.78, 5) is 5.12. The quantitative estimate of drug-likeness (QED) is 0.167. The molecule has 0 aliphatic rings. The predicted octanol–water partition coefficient (Wildman–Crippen LogP) is 14.1. The highest BCUT2D eigenvalue weighted by atomic mass is 15.1. The summed E-state index contributed by atoms with van der Waals surface area (Å²) < 4.78 is 4.67. The van der Waals surface area contributed by atoms with E-state index in [9.17, 15) is 0 Å². The number of pyridine rings is 1. The van der Waals surface area contributed by atoms with Crippen molar-refractivity contribution >= 4 is 75.9 Å². The molecule has 0 spiro atoms. The molecule has 12 rings (SSSR count). The van der Waals surface area contributed by atoms with Gasteiger partial charge in [-0.25, -0.2) is 4.98 Å². The van der Waals surface area contributed by atoms with Gasteiger partial charge in [0.1, 0.15) is 5.82 Å². The van der Waals surface area contributed by atoms with Crippen molar-refractivity contribution in [1.82, 2.24) is 14.1 Å². The van der Waals surface area contributed by atoms with Gasteiger partial charge in [0.25, 0.3) is 0 Å². The Labute approximate surface area is 322 Å². The van der Waals surface area contributed by atoms with Gasteiger partial charge in [-0.3, -0.25) is 4.57 Å². The van der Waals surface area contributed by atoms with Crippen molar-refractivity contribution in [2.24, 2.45) is 0 Å². The maximum Gasteiger partial charge on any atom is 0.137 e. The normalized spacial score (nSPS) is 11.9. The van der Waals surface area contributed by atoms with E-state index in [-0.39, 0.29) is 0 Å². The van der Waals surface area contributed by atoms with Crippen molar-refractivity contribution in [2.45, 2.75) is 0 Å². The van der Waals surface area contributed by atoms with E-state index < -0.39 is 0 Å². The summed E-state index contributed by atoms with van der Waals surface area (Å²) in [5, 5.41) is 12.6. The van der Waals surface area contributed by atoms with Gasteiger partial charge >= 0.3 is 0 Å². The van der Waals surface area contributed by atoms with Crippen molar-refractivity contribution in [3.8, 4) is 33.8 Å². The zero-order chi connectivity index (χ0) is 36.7. The van der Waals surface area contributed by atoms with Gasteiger partial charge in [-0.2, -0.15) is 0 Å². The molecule has 0 unspecified atom stereocenters. The molecular weight excluding hydrogens is 679 g/mol. The number of hydrogen-bond acceptors (Lipinski definition) is 1. The number of rotatable bonds is 4. The smallest absolute Gasteiger partial charge is 0.137 e. The average molecular weight is 712 g/mol. The highest BCUT2D eigenvalue weighted by molar-refractivity contribution is 6.25. The number of aromatic nitrogens is 3. The summed E-state index contributed by atoms with van der Waals surface area (Å²) >= 11 is 0. The minimum Gasteiger partial charge on any atom is -0.309 e. The third-order valence-corrected chi connectivity index (χ3v) is 11.7. The first-order valence-electron chi connectivity index (χ1n) is 19.2. The number of benzene rings is 9. The summed E-state index contributed by atoms with van der Waals surface area (Å²) in [6.07, 6.45) is 2.02. The third-order valence-electron chi connectivity index (χ3n) is 11.7. The highest BCUT2D eigenvalue weighted by Crippen LogP contribution is 2.40. The number of nitrogens with zero attached hydrogens (tertiary/aromatic N) is 3. The van der Waals surface area contributed by atoms with Crippen LogP contribution in [-0.2, 0) is 0 Å². The molecule has 0 atom stereocenters. The SMILES string of the molecule is c1ccc(-n2c3ccccc3c3cc(-c4ccc5c(c4)c4ccccc4n5-c4ccc(-c5ccc6c7ccccc7c7ccccc7c6c5)cn4)ccc32)cc1. The van der Waals surface area contributed by atoms with Crippen molar-refractivity contribution in [3.63, 3.8) is 0 Å². The van der Waals surface area contributed by atoms with Crippen LogP contribution in [0, 0.1) is 0 Å². The summed E-state index contributed by atoms with van der Waals surface area (Å²) in [6.45, 7) is 0. The molecule has 9 aromatic carbocycles. The van der Waals surface area contributed by atoms with Crippen molar-refractivity contribution < 1.29 is 0 Å². The van der Waals surface area contributed by atoms with E-state index in [1.165, 1.54) is 81.7 Å². The van der Waals surface area contributed by atoms with Crippen molar-refractivity contribution in [3.05, 3.63) is 200 Å². The van der Waals surface area contributed by atoms with Crippen LogP contribution in [0.2, 0.25) is 0 Å². The first kappa shape index (κ1) is 30.9. The van der Waals surface area contributed by atoms with Gasteiger partial charge in [0, 0.05) is 39.0 Å². The van der Waals surface area contributed by atoms with Crippen LogP contribution in [-0.4, -0.2) is 14.1 Å². The molecule has 260 valence electrons. The molecule has 3 heteroatoms. The maximum absolute atomic E-state index is 5.12. The molecule has 12 aromatic rings. The lowest BCUT2D eigenvalue weighted by Crippen LogP contribution is -1.97. The highest BCUT2D eigenvalue weighted by Gasteiger charge is 2.17. The zero-order valence-electron chi connectivity index (χ0n) is 30.4. The Bertz CT molecular complexity index is 3480. The maximum atomic E-state index is 5.12. The fourth-order valence-electron chi connectivity index (χ4n) is 9.18. The second-order valence-electron chi connectivity index (χ2n) is 14.8. The minimum absolute atomic E-state index is 0.903. The summed E-state index contributed by atoms with van der Waals surface area (Å²) in [6, 6.07) is 70.5. The van der Waals surface area contributed by atoms with Crippen LogP contribution in [0.5, 0.6) is 0 Å². The van der Waals surface area contributed by atoms with Gasteiger partial charge in [-0.05, 0) is 116 Å². The van der Waals surface area contributed by atoms with E-state index in [0.717, 1.165) is 28.0 Å². The summed E-state index contributed by atoms with van der Waals surface area (Å²) in [5.74, 6) is 0.903. The Morgan fingerprint density at radius 3 is 1.27 bits per heavy atom. The van der Waals surface area contributed by atoms with Crippen LogP contribution in [0.4, 0.5) is 0 Å².